The quantitative estimate of drug-likeness (QED) is 0.362. The van der Waals surface area contributed by atoms with E-state index in [1.165, 1.54) is 0 Å². The lowest BCUT2D eigenvalue weighted by Gasteiger charge is -2.12. The molecule has 2 aromatic heterocycles. The van der Waals surface area contributed by atoms with Crippen LogP contribution in [0, 0.1) is 17.1 Å². The second kappa shape index (κ2) is 8.83. The molecule has 166 valence electrons. The predicted molar refractivity (Wildman–Crippen MR) is 149 cm³/mol. The fraction of sp³-hybridized carbons (Fsp3) is 0. The monoisotopic (exact) mass is 470 g/mol. The molecule has 0 bridgehead atoms. The van der Waals surface area contributed by atoms with Crippen LogP contribution >= 0.6 is 0 Å². The minimum atomic E-state index is -0.850. The van der Waals surface area contributed by atoms with Crippen LogP contribution in [-0.2, 0) is 0 Å². The number of benzene rings is 4. The number of nitriles is 1. The Kier molecular flexibility index (Phi) is 5.46. The largest absolute Gasteiger partial charge is 0.455 e. The third-order valence-electron chi connectivity index (χ3n) is 6.50. The average Bonchev–Trinajstić information content (AvgIpc) is 3.33. The Balaban J connectivity index is 1.64. The molecule has 0 spiro atoms. The molecule has 0 N–H and O–H groups in total. The first-order valence-corrected chi connectivity index (χ1v) is 11.5. The summed E-state index contributed by atoms with van der Waals surface area (Å²) in [5.74, 6) is -0.850. The number of para-hydroxylation sites is 1. The van der Waals surface area contributed by atoms with E-state index in [1.807, 2.05) is 66.7 Å². The molecular formula is C30H14B3FN2O. The first-order chi connectivity index (χ1) is 18.0. The third-order valence-corrected chi connectivity index (χ3v) is 6.50. The van der Waals surface area contributed by atoms with Gasteiger partial charge < -0.3 is 4.42 Å². The van der Waals surface area contributed by atoms with Gasteiger partial charge in [0.05, 0.1) is 17.3 Å². The van der Waals surface area contributed by atoms with Crippen molar-refractivity contribution in [3.8, 4) is 39.6 Å². The molecular weight excluding hydrogens is 456 g/mol. The van der Waals surface area contributed by atoms with Crippen LogP contribution in [0.2, 0.25) is 0 Å². The first-order valence-electron chi connectivity index (χ1n) is 11.5. The molecule has 0 aliphatic heterocycles. The fourth-order valence-corrected chi connectivity index (χ4v) is 4.68. The van der Waals surface area contributed by atoms with Crippen LogP contribution in [0.25, 0.3) is 55.4 Å². The van der Waals surface area contributed by atoms with Crippen molar-refractivity contribution >= 4 is 62.0 Å². The molecule has 0 saturated heterocycles. The van der Waals surface area contributed by atoms with Crippen LogP contribution in [0.4, 0.5) is 4.39 Å². The molecule has 0 saturated carbocycles. The molecule has 0 aliphatic rings. The zero-order valence-corrected chi connectivity index (χ0v) is 19.5. The molecule has 6 aromatic rings. The number of pyridine rings is 1. The number of aromatic nitrogens is 1. The Morgan fingerprint density at radius 3 is 2.19 bits per heavy atom. The molecule has 0 aliphatic carbocycles. The molecule has 2 heterocycles. The molecule has 37 heavy (non-hydrogen) atoms. The Labute approximate surface area is 216 Å². The van der Waals surface area contributed by atoms with Crippen LogP contribution in [0.5, 0.6) is 0 Å². The van der Waals surface area contributed by atoms with Gasteiger partial charge in [-0.3, -0.25) is 4.98 Å². The molecule has 0 fully saturated rings. The lowest BCUT2D eigenvalue weighted by atomic mass is 9.76. The van der Waals surface area contributed by atoms with E-state index in [1.54, 1.807) is 12.1 Å². The number of hydrogen-bond donors (Lipinski definition) is 0. The van der Waals surface area contributed by atoms with Crippen molar-refractivity contribution in [1.82, 2.24) is 4.98 Å². The van der Waals surface area contributed by atoms with Crippen molar-refractivity contribution in [3.63, 3.8) is 0 Å². The van der Waals surface area contributed by atoms with Crippen LogP contribution in [0.1, 0.15) is 5.56 Å². The Hall–Kier alpha value is -4.56. The number of nitrogens with zero attached hydrogens (tertiary/aromatic N) is 2. The van der Waals surface area contributed by atoms with E-state index in [0.29, 0.717) is 22.3 Å². The summed E-state index contributed by atoms with van der Waals surface area (Å²) in [5, 5.41) is 11.3. The summed E-state index contributed by atoms with van der Waals surface area (Å²) < 4.78 is 20.7. The molecule has 6 rings (SSSR count). The van der Waals surface area contributed by atoms with Gasteiger partial charge in [0.25, 0.3) is 0 Å². The second-order valence-corrected chi connectivity index (χ2v) is 8.73. The number of fused-ring (bicyclic) bond motifs is 3. The van der Waals surface area contributed by atoms with Gasteiger partial charge in [-0.1, -0.05) is 71.6 Å². The van der Waals surface area contributed by atoms with E-state index in [4.69, 9.17) is 28.0 Å². The van der Waals surface area contributed by atoms with Gasteiger partial charge in [-0.2, -0.15) is 5.26 Å². The van der Waals surface area contributed by atoms with Gasteiger partial charge in [0.2, 0.25) is 0 Å². The summed E-state index contributed by atoms with van der Waals surface area (Å²) in [5.41, 5.74) is 5.50. The smallest absolute Gasteiger partial charge is 0.145 e. The summed E-state index contributed by atoms with van der Waals surface area (Å²) in [7, 11) is 17.8. The zero-order chi connectivity index (χ0) is 25.7. The molecule has 3 nitrogen and oxygen atoms in total. The van der Waals surface area contributed by atoms with Crippen molar-refractivity contribution in [2.24, 2.45) is 0 Å². The molecule has 0 amide bonds. The summed E-state index contributed by atoms with van der Waals surface area (Å²) in [6, 6.07) is 29.5. The van der Waals surface area contributed by atoms with Gasteiger partial charge >= 0.3 is 0 Å². The third kappa shape index (κ3) is 3.73. The molecule has 7 heteroatoms. The maximum absolute atomic E-state index is 14.2. The number of hydrogen-bond acceptors (Lipinski definition) is 3. The van der Waals surface area contributed by atoms with Gasteiger partial charge in [0.15, 0.2) is 0 Å². The van der Waals surface area contributed by atoms with E-state index < -0.39 is 5.82 Å². The van der Waals surface area contributed by atoms with E-state index in [-0.39, 0.29) is 22.2 Å². The van der Waals surface area contributed by atoms with Crippen LogP contribution in [0.15, 0.2) is 89.3 Å². The average molecular weight is 470 g/mol. The standard InChI is InChI=1S/C30H14B3FN2O/c31-24-25(32)27(36-30(33)26(24)34)21-11-5-10-20-23-13-16(15-35)12-22(29(23)37-28(20)21)19-9-4-8-18(14-19)17-6-2-1-3-7-17/h1-14H. The molecule has 0 unspecified atom stereocenters. The van der Waals surface area contributed by atoms with E-state index >= 15 is 0 Å². The van der Waals surface area contributed by atoms with Crippen LogP contribution in [0.3, 0.4) is 0 Å². The van der Waals surface area contributed by atoms with Crippen molar-refractivity contribution in [1.29, 1.82) is 5.26 Å². The van der Waals surface area contributed by atoms with Gasteiger partial charge in [0, 0.05) is 27.5 Å². The van der Waals surface area contributed by atoms with Crippen LogP contribution < -0.4 is 16.5 Å². The minimum Gasteiger partial charge on any atom is -0.455 e. The summed E-state index contributed by atoms with van der Waals surface area (Å²) in [6.07, 6.45) is 0. The molecule has 0 atom stereocenters. The highest BCUT2D eigenvalue weighted by Crippen LogP contribution is 2.40. The van der Waals surface area contributed by atoms with Gasteiger partial charge in [-0.25, -0.2) is 4.39 Å². The topological polar surface area (TPSA) is 49.8 Å². The molecule has 4 aromatic carbocycles. The number of rotatable bonds is 3. The Morgan fingerprint density at radius 1 is 0.703 bits per heavy atom. The first kappa shape index (κ1) is 22.9. The van der Waals surface area contributed by atoms with Crippen molar-refractivity contribution in [3.05, 3.63) is 96.3 Å². The van der Waals surface area contributed by atoms with E-state index in [0.717, 1.165) is 33.0 Å². The highest BCUT2D eigenvalue weighted by molar-refractivity contribution is 6.52. The maximum Gasteiger partial charge on any atom is 0.145 e. The van der Waals surface area contributed by atoms with Gasteiger partial charge in [-0.05, 0) is 41.0 Å². The zero-order valence-electron chi connectivity index (χ0n) is 19.5. The predicted octanol–water partition coefficient (Wildman–Crippen LogP) is 4.37. The maximum atomic E-state index is 14.2. The Morgan fingerprint density at radius 2 is 1.41 bits per heavy atom. The Bertz CT molecular complexity index is 1890. The van der Waals surface area contributed by atoms with Crippen LogP contribution in [-0.4, -0.2) is 28.5 Å². The van der Waals surface area contributed by atoms with Crippen molar-refractivity contribution < 1.29 is 8.81 Å². The number of furan rings is 1. The fourth-order valence-electron chi connectivity index (χ4n) is 4.68. The van der Waals surface area contributed by atoms with Crippen molar-refractivity contribution in [2.75, 3.05) is 0 Å². The summed E-state index contributed by atoms with van der Waals surface area (Å²) in [6.45, 7) is 0. The van der Waals surface area contributed by atoms with Gasteiger partial charge in [0.1, 0.15) is 40.5 Å². The van der Waals surface area contributed by atoms with E-state index in [9.17, 15) is 9.65 Å². The SMILES string of the molecule is [B]c1nc(-c2cccc3c2oc2c(-c4cccc(-c5ccccc5)c4)cc(C#N)cc23)c([B])c([B])c1F. The highest BCUT2D eigenvalue weighted by atomic mass is 19.1. The summed E-state index contributed by atoms with van der Waals surface area (Å²) in [4.78, 5) is 4.17. The van der Waals surface area contributed by atoms with Crippen molar-refractivity contribution in [2.45, 2.75) is 0 Å². The van der Waals surface area contributed by atoms with Gasteiger partial charge in [-0.15, -0.1) is 0 Å². The highest BCUT2D eigenvalue weighted by Gasteiger charge is 2.20. The minimum absolute atomic E-state index is 0.0202. The number of halogens is 1. The molecule has 6 radical (unpaired) electrons. The normalized spacial score (nSPS) is 11.1. The lowest BCUT2D eigenvalue weighted by molar-refractivity contribution is 0.641. The lowest BCUT2D eigenvalue weighted by Crippen LogP contribution is -2.38. The second-order valence-electron chi connectivity index (χ2n) is 8.73. The van der Waals surface area contributed by atoms with E-state index in [2.05, 4.69) is 17.1 Å². The summed E-state index contributed by atoms with van der Waals surface area (Å²) >= 11 is 0.